The highest BCUT2D eigenvalue weighted by Gasteiger charge is 2.32. The van der Waals surface area contributed by atoms with Crippen LogP contribution in [-0.4, -0.2) is 38.0 Å². The number of amides is 1. The molecule has 0 aliphatic carbocycles. The Morgan fingerprint density at radius 3 is 2.46 bits per heavy atom. The van der Waals surface area contributed by atoms with E-state index in [1.165, 1.54) is 16.4 Å². The molecule has 1 fully saturated rings. The van der Waals surface area contributed by atoms with E-state index in [-0.39, 0.29) is 29.1 Å². The van der Waals surface area contributed by atoms with Gasteiger partial charge in [0.15, 0.2) is 0 Å². The molecule has 1 amide bonds. The number of thioether (sulfide) groups is 1. The van der Waals surface area contributed by atoms with E-state index in [1.54, 1.807) is 48.2 Å². The van der Waals surface area contributed by atoms with E-state index in [2.05, 4.69) is 5.32 Å². The Morgan fingerprint density at radius 2 is 1.86 bits per heavy atom. The fraction of sp³-hybridized carbons (Fsp3) is 0.350. The van der Waals surface area contributed by atoms with Crippen molar-refractivity contribution in [2.75, 3.05) is 19.3 Å². The normalized spacial score (nSPS) is 16.1. The van der Waals surface area contributed by atoms with Crippen LogP contribution in [0.25, 0.3) is 0 Å². The van der Waals surface area contributed by atoms with Crippen molar-refractivity contribution in [1.82, 2.24) is 9.62 Å². The van der Waals surface area contributed by atoms with Gasteiger partial charge >= 0.3 is 0 Å². The molecule has 0 spiro atoms. The summed E-state index contributed by atoms with van der Waals surface area (Å²) in [6, 6.07) is 12.9. The van der Waals surface area contributed by atoms with Crippen LogP contribution in [0.2, 0.25) is 0 Å². The number of halogens is 1. The van der Waals surface area contributed by atoms with Crippen LogP contribution in [0, 0.1) is 11.7 Å². The summed E-state index contributed by atoms with van der Waals surface area (Å²) < 4.78 is 40.2. The van der Waals surface area contributed by atoms with Crippen LogP contribution in [-0.2, 0) is 21.4 Å². The average molecular weight is 423 g/mol. The second-order valence-electron chi connectivity index (χ2n) is 6.70. The lowest BCUT2D eigenvalue weighted by Crippen LogP contribution is -2.42. The number of hydrogen-bond donors (Lipinski definition) is 1. The molecule has 0 unspecified atom stereocenters. The van der Waals surface area contributed by atoms with Gasteiger partial charge < -0.3 is 5.32 Å². The van der Waals surface area contributed by atoms with Gasteiger partial charge in [-0.25, -0.2) is 12.8 Å². The molecule has 1 aliphatic heterocycles. The standard InChI is InChI=1S/C20H23FN2O3S2/c1-27-18-5-7-19(8-6-18)28(25,26)23-11-9-16(10-12-23)20(24)22-14-15-3-2-4-17(21)13-15/h2-8,13,16H,9-12,14H2,1H3,(H,22,24). The summed E-state index contributed by atoms with van der Waals surface area (Å²) in [4.78, 5) is 13.7. The van der Waals surface area contributed by atoms with Crippen molar-refractivity contribution in [3.05, 3.63) is 59.9 Å². The minimum atomic E-state index is -3.55. The summed E-state index contributed by atoms with van der Waals surface area (Å²) in [5.41, 5.74) is 0.696. The fourth-order valence-electron chi connectivity index (χ4n) is 3.24. The first kappa shape index (κ1) is 20.8. The molecule has 2 aromatic rings. The highest BCUT2D eigenvalue weighted by Crippen LogP contribution is 2.25. The summed E-state index contributed by atoms with van der Waals surface area (Å²) in [5, 5.41) is 2.82. The Morgan fingerprint density at radius 1 is 1.18 bits per heavy atom. The van der Waals surface area contributed by atoms with Gasteiger partial charge in [0.25, 0.3) is 0 Å². The monoisotopic (exact) mass is 422 g/mol. The van der Waals surface area contributed by atoms with Crippen LogP contribution in [0.3, 0.4) is 0 Å². The molecule has 0 atom stereocenters. The second-order valence-corrected chi connectivity index (χ2v) is 9.52. The predicted molar refractivity (Wildman–Crippen MR) is 108 cm³/mol. The van der Waals surface area contributed by atoms with Crippen LogP contribution in [0.1, 0.15) is 18.4 Å². The first-order chi connectivity index (χ1) is 13.4. The third-order valence-corrected chi connectivity index (χ3v) is 7.53. The van der Waals surface area contributed by atoms with Crippen LogP contribution >= 0.6 is 11.8 Å². The Hall–Kier alpha value is -1.90. The summed E-state index contributed by atoms with van der Waals surface area (Å²) >= 11 is 1.56. The van der Waals surface area contributed by atoms with E-state index in [0.717, 1.165) is 4.90 Å². The summed E-state index contributed by atoms with van der Waals surface area (Å²) in [7, 11) is -3.55. The lowest BCUT2D eigenvalue weighted by Gasteiger charge is -2.30. The minimum absolute atomic E-state index is 0.120. The topological polar surface area (TPSA) is 66.5 Å². The summed E-state index contributed by atoms with van der Waals surface area (Å²) in [5.74, 6) is -0.694. The number of carbonyl (C=O) groups excluding carboxylic acids is 1. The lowest BCUT2D eigenvalue weighted by molar-refractivity contribution is -0.126. The van der Waals surface area contributed by atoms with Gasteiger partial charge in [0.05, 0.1) is 4.90 Å². The fourth-order valence-corrected chi connectivity index (χ4v) is 5.11. The van der Waals surface area contributed by atoms with Crippen LogP contribution in [0.15, 0.2) is 58.3 Å². The largest absolute Gasteiger partial charge is 0.352 e. The molecule has 1 aliphatic rings. The maximum absolute atomic E-state index is 13.2. The van der Waals surface area contributed by atoms with E-state index in [4.69, 9.17) is 0 Å². The molecule has 2 aromatic carbocycles. The highest BCUT2D eigenvalue weighted by atomic mass is 32.2. The number of hydrogen-bond acceptors (Lipinski definition) is 4. The SMILES string of the molecule is CSc1ccc(S(=O)(=O)N2CCC(C(=O)NCc3cccc(F)c3)CC2)cc1. The highest BCUT2D eigenvalue weighted by molar-refractivity contribution is 7.98. The molecule has 0 aromatic heterocycles. The smallest absolute Gasteiger partial charge is 0.243 e. The number of nitrogens with zero attached hydrogens (tertiary/aromatic N) is 1. The van der Waals surface area contributed by atoms with Crippen LogP contribution < -0.4 is 5.32 Å². The van der Waals surface area contributed by atoms with Crippen LogP contribution in [0.4, 0.5) is 4.39 Å². The molecule has 0 radical (unpaired) electrons. The number of piperidine rings is 1. The molecule has 150 valence electrons. The number of sulfonamides is 1. The van der Waals surface area contributed by atoms with Gasteiger partial charge in [-0.15, -0.1) is 11.8 Å². The molecule has 0 saturated carbocycles. The zero-order chi connectivity index (χ0) is 20.1. The van der Waals surface area contributed by atoms with Gasteiger partial charge in [0, 0.05) is 30.4 Å². The average Bonchev–Trinajstić information content (AvgIpc) is 2.72. The first-order valence-corrected chi connectivity index (χ1v) is 11.7. The molecule has 1 heterocycles. The zero-order valence-corrected chi connectivity index (χ0v) is 17.2. The van der Waals surface area contributed by atoms with Gasteiger partial charge in [-0.1, -0.05) is 12.1 Å². The molecule has 3 rings (SSSR count). The van der Waals surface area contributed by atoms with E-state index < -0.39 is 10.0 Å². The molecule has 28 heavy (non-hydrogen) atoms. The Labute approximate surface area is 169 Å². The maximum atomic E-state index is 13.2. The molecule has 0 bridgehead atoms. The lowest BCUT2D eigenvalue weighted by atomic mass is 9.97. The second kappa shape index (κ2) is 9.07. The van der Waals surface area contributed by atoms with Crippen molar-refractivity contribution < 1.29 is 17.6 Å². The Balaban J connectivity index is 1.55. The van der Waals surface area contributed by atoms with E-state index >= 15 is 0 Å². The van der Waals surface area contributed by atoms with E-state index in [1.807, 2.05) is 6.26 Å². The summed E-state index contributed by atoms with van der Waals surface area (Å²) in [6.07, 6.45) is 2.88. The quantitative estimate of drug-likeness (QED) is 0.726. The molecule has 8 heteroatoms. The van der Waals surface area contributed by atoms with Crippen molar-refractivity contribution in [3.63, 3.8) is 0 Å². The van der Waals surface area contributed by atoms with Crippen molar-refractivity contribution in [2.24, 2.45) is 5.92 Å². The van der Waals surface area contributed by atoms with Crippen molar-refractivity contribution in [3.8, 4) is 0 Å². The molecular weight excluding hydrogens is 399 g/mol. The molecule has 1 saturated heterocycles. The van der Waals surface area contributed by atoms with Gasteiger partial charge in [-0.3, -0.25) is 4.79 Å². The number of rotatable bonds is 6. The Kier molecular flexibility index (Phi) is 6.74. The first-order valence-electron chi connectivity index (χ1n) is 9.06. The van der Waals surface area contributed by atoms with E-state index in [0.29, 0.717) is 31.5 Å². The Bertz CT molecular complexity index is 925. The van der Waals surface area contributed by atoms with Crippen molar-refractivity contribution in [2.45, 2.75) is 29.2 Å². The van der Waals surface area contributed by atoms with Gasteiger partial charge in [0.1, 0.15) is 5.82 Å². The predicted octanol–water partition coefficient (Wildman–Crippen LogP) is 3.26. The van der Waals surface area contributed by atoms with Crippen molar-refractivity contribution in [1.29, 1.82) is 0 Å². The van der Waals surface area contributed by atoms with Gasteiger partial charge in [-0.2, -0.15) is 4.31 Å². The molecule has 5 nitrogen and oxygen atoms in total. The summed E-state index contributed by atoms with van der Waals surface area (Å²) in [6.45, 7) is 0.881. The van der Waals surface area contributed by atoms with Crippen LogP contribution in [0.5, 0.6) is 0 Å². The van der Waals surface area contributed by atoms with Gasteiger partial charge in [0.2, 0.25) is 15.9 Å². The maximum Gasteiger partial charge on any atom is 0.243 e. The third kappa shape index (κ3) is 4.92. The number of carbonyl (C=O) groups is 1. The molecule has 1 N–H and O–H groups in total. The molecular formula is C20H23FN2O3S2. The number of nitrogens with one attached hydrogen (secondary N) is 1. The van der Waals surface area contributed by atoms with Crippen molar-refractivity contribution >= 4 is 27.7 Å². The minimum Gasteiger partial charge on any atom is -0.352 e. The van der Waals surface area contributed by atoms with E-state index in [9.17, 15) is 17.6 Å². The van der Waals surface area contributed by atoms with Gasteiger partial charge in [-0.05, 0) is 61.1 Å². The zero-order valence-electron chi connectivity index (χ0n) is 15.6. The number of benzene rings is 2. The third-order valence-electron chi connectivity index (χ3n) is 4.88.